The Labute approximate surface area is 174 Å². The molecule has 0 aliphatic heterocycles. The Bertz CT molecular complexity index is 1170. The van der Waals surface area contributed by atoms with E-state index >= 15 is 0 Å². The van der Waals surface area contributed by atoms with Crippen LogP contribution in [-0.2, 0) is 6.42 Å². The third-order valence-corrected chi connectivity index (χ3v) is 4.76. The molecule has 0 amide bonds. The molecule has 3 rings (SSSR count). The first-order chi connectivity index (χ1) is 14.7. The number of aromatic hydroxyl groups is 1. The molecule has 0 spiro atoms. The zero-order valence-corrected chi connectivity index (χ0v) is 16.5. The number of carbonyl (C=O) groups is 1. The Morgan fingerprint density at radius 3 is 2.10 bits per heavy atom. The van der Waals surface area contributed by atoms with Gasteiger partial charge in [-0.25, -0.2) is 17.6 Å². The minimum absolute atomic E-state index is 0.00624. The Kier molecular flexibility index (Phi) is 6.29. The molecule has 1 N–H and O–H groups in total. The van der Waals surface area contributed by atoms with Crippen molar-refractivity contribution in [1.29, 1.82) is 0 Å². The highest BCUT2D eigenvalue weighted by molar-refractivity contribution is 6.00. The van der Waals surface area contributed by atoms with E-state index in [-0.39, 0.29) is 17.9 Å². The van der Waals surface area contributed by atoms with E-state index < -0.39 is 69.3 Å². The lowest BCUT2D eigenvalue weighted by molar-refractivity contribution is 0.0988. The van der Waals surface area contributed by atoms with Crippen LogP contribution in [-0.4, -0.2) is 17.5 Å². The SMILES string of the molecule is CCOc1ccc(C(=O)Cc2ccc(-c3ccc(C)c(F)c3F)c(F)c2F)c(O)c1F. The number of hydrogen-bond acceptors (Lipinski definition) is 3. The van der Waals surface area contributed by atoms with E-state index in [2.05, 4.69) is 0 Å². The minimum Gasteiger partial charge on any atom is -0.504 e. The normalized spacial score (nSPS) is 10.9. The highest BCUT2D eigenvalue weighted by Crippen LogP contribution is 2.33. The second-order valence-corrected chi connectivity index (χ2v) is 6.77. The zero-order chi connectivity index (χ0) is 22.9. The topological polar surface area (TPSA) is 46.5 Å². The van der Waals surface area contributed by atoms with Crippen molar-refractivity contribution in [3.8, 4) is 22.6 Å². The summed E-state index contributed by atoms with van der Waals surface area (Å²) < 4.78 is 76.2. The molecular weight excluding hydrogens is 419 g/mol. The summed E-state index contributed by atoms with van der Waals surface area (Å²) in [7, 11) is 0. The molecular formula is C23H17F5O3. The smallest absolute Gasteiger partial charge is 0.207 e. The van der Waals surface area contributed by atoms with Gasteiger partial charge in [0.1, 0.15) is 0 Å². The molecule has 0 heterocycles. The van der Waals surface area contributed by atoms with Crippen LogP contribution in [0, 0.1) is 36.0 Å². The van der Waals surface area contributed by atoms with Crippen LogP contribution >= 0.6 is 0 Å². The lowest BCUT2D eigenvalue weighted by Crippen LogP contribution is -2.09. The highest BCUT2D eigenvalue weighted by Gasteiger charge is 2.23. The van der Waals surface area contributed by atoms with E-state index in [1.54, 1.807) is 6.92 Å². The number of benzene rings is 3. The maximum absolute atomic E-state index is 14.6. The van der Waals surface area contributed by atoms with Gasteiger partial charge in [-0.05, 0) is 37.1 Å². The molecule has 3 nitrogen and oxygen atoms in total. The number of halogens is 5. The van der Waals surface area contributed by atoms with Gasteiger partial charge in [-0.15, -0.1) is 0 Å². The number of hydrogen-bond donors (Lipinski definition) is 1. The Morgan fingerprint density at radius 1 is 0.839 bits per heavy atom. The van der Waals surface area contributed by atoms with E-state index in [0.29, 0.717) is 0 Å². The Hall–Kier alpha value is -3.42. The number of Topliss-reactive ketones (excluding diaryl/α,β-unsaturated/α-hetero) is 1. The summed E-state index contributed by atoms with van der Waals surface area (Å²) in [6.45, 7) is 3.06. The second kappa shape index (κ2) is 8.75. The quantitative estimate of drug-likeness (QED) is 0.387. The van der Waals surface area contributed by atoms with Crippen LogP contribution in [0.2, 0.25) is 0 Å². The summed E-state index contributed by atoms with van der Waals surface area (Å²) in [5.41, 5.74) is -1.81. The molecule has 3 aromatic rings. The van der Waals surface area contributed by atoms with Crippen molar-refractivity contribution in [1.82, 2.24) is 0 Å². The van der Waals surface area contributed by atoms with Crippen molar-refractivity contribution in [2.24, 2.45) is 0 Å². The van der Waals surface area contributed by atoms with Crippen molar-refractivity contribution in [3.63, 3.8) is 0 Å². The summed E-state index contributed by atoms with van der Waals surface area (Å²) in [6, 6.07) is 6.67. The molecule has 0 aliphatic carbocycles. The zero-order valence-electron chi connectivity index (χ0n) is 16.5. The Morgan fingerprint density at radius 2 is 1.45 bits per heavy atom. The predicted octanol–water partition coefficient (Wildman–Crippen LogP) is 5.89. The average molecular weight is 436 g/mol. The second-order valence-electron chi connectivity index (χ2n) is 6.77. The summed E-state index contributed by atoms with van der Waals surface area (Å²) in [6.07, 6.45) is -0.700. The number of phenolic OH excluding ortho intramolecular Hbond substituents is 1. The van der Waals surface area contributed by atoms with E-state index in [0.717, 1.165) is 30.3 Å². The number of aryl methyl sites for hydroxylation is 1. The fourth-order valence-electron chi connectivity index (χ4n) is 3.09. The van der Waals surface area contributed by atoms with Crippen LogP contribution < -0.4 is 4.74 Å². The largest absolute Gasteiger partial charge is 0.504 e. The molecule has 0 atom stereocenters. The number of carbonyl (C=O) groups excluding carboxylic acids is 1. The Balaban J connectivity index is 1.94. The van der Waals surface area contributed by atoms with Gasteiger partial charge >= 0.3 is 0 Å². The van der Waals surface area contributed by atoms with Gasteiger partial charge in [-0.2, -0.15) is 4.39 Å². The third-order valence-electron chi connectivity index (χ3n) is 4.76. The molecule has 31 heavy (non-hydrogen) atoms. The summed E-state index contributed by atoms with van der Waals surface area (Å²) >= 11 is 0. The van der Waals surface area contributed by atoms with Crippen LogP contribution in [0.4, 0.5) is 22.0 Å². The first-order valence-corrected chi connectivity index (χ1v) is 9.26. The van der Waals surface area contributed by atoms with Gasteiger partial charge in [0.15, 0.2) is 40.6 Å². The number of phenols is 1. The van der Waals surface area contributed by atoms with E-state index in [4.69, 9.17) is 4.74 Å². The van der Waals surface area contributed by atoms with Crippen molar-refractivity contribution in [2.75, 3.05) is 6.61 Å². The summed E-state index contributed by atoms with van der Waals surface area (Å²) in [4.78, 5) is 12.4. The minimum atomic E-state index is -1.46. The molecule has 0 fully saturated rings. The van der Waals surface area contributed by atoms with Gasteiger partial charge in [0.2, 0.25) is 5.82 Å². The molecule has 0 aromatic heterocycles. The standard InChI is InChI=1S/C23H17F5O3/c1-3-31-17-9-8-15(23(30)22(17)28)16(29)10-12-5-7-14(21(27)19(12)25)13-6-4-11(2)18(24)20(13)26/h4-9,30H,3,10H2,1-2H3. The van der Waals surface area contributed by atoms with E-state index in [1.807, 2.05) is 0 Å². The first-order valence-electron chi connectivity index (χ1n) is 9.26. The van der Waals surface area contributed by atoms with Gasteiger partial charge in [0.05, 0.1) is 12.2 Å². The van der Waals surface area contributed by atoms with Gasteiger partial charge in [-0.1, -0.05) is 24.3 Å². The highest BCUT2D eigenvalue weighted by atomic mass is 19.2. The van der Waals surface area contributed by atoms with Crippen molar-refractivity contribution < 1.29 is 36.6 Å². The number of ketones is 1. The first kappa shape index (κ1) is 22.3. The fourth-order valence-corrected chi connectivity index (χ4v) is 3.09. The lowest BCUT2D eigenvalue weighted by atomic mass is 9.97. The van der Waals surface area contributed by atoms with Crippen LogP contribution in [0.1, 0.15) is 28.4 Å². The van der Waals surface area contributed by atoms with Crippen LogP contribution in [0.5, 0.6) is 11.5 Å². The molecule has 162 valence electrons. The monoisotopic (exact) mass is 436 g/mol. The molecule has 0 unspecified atom stereocenters. The third kappa shape index (κ3) is 4.10. The summed E-state index contributed by atoms with van der Waals surface area (Å²) in [5, 5.41) is 9.93. The molecule has 0 aliphatic rings. The molecule has 3 aromatic carbocycles. The molecule has 0 saturated carbocycles. The fraction of sp³-hybridized carbons (Fsp3) is 0.174. The maximum atomic E-state index is 14.6. The molecule has 0 radical (unpaired) electrons. The molecule has 8 heteroatoms. The molecule has 0 saturated heterocycles. The molecule has 0 bridgehead atoms. The van der Waals surface area contributed by atoms with Gasteiger partial charge < -0.3 is 9.84 Å². The van der Waals surface area contributed by atoms with Crippen molar-refractivity contribution >= 4 is 5.78 Å². The van der Waals surface area contributed by atoms with Crippen LogP contribution in [0.15, 0.2) is 36.4 Å². The lowest BCUT2D eigenvalue weighted by Gasteiger charge is -2.12. The van der Waals surface area contributed by atoms with Crippen LogP contribution in [0.3, 0.4) is 0 Å². The van der Waals surface area contributed by atoms with E-state index in [9.17, 15) is 31.9 Å². The number of rotatable bonds is 6. The van der Waals surface area contributed by atoms with Crippen LogP contribution in [0.25, 0.3) is 11.1 Å². The van der Waals surface area contributed by atoms with Crippen molar-refractivity contribution in [3.05, 3.63) is 82.2 Å². The number of ether oxygens (including phenoxy) is 1. The average Bonchev–Trinajstić information content (AvgIpc) is 2.74. The van der Waals surface area contributed by atoms with Gasteiger partial charge in [0, 0.05) is 17.5 Å². The predicted molar refractivity (Wildman–Crippen MR) is 104 cm³/mol. The maximum Gasteiger partial charge on any atom is 0.207 e. The van der Waals surface area contributed by atoms with Gasteiger partial charge in [-0.3, -0.25) is 4.79 Å². The van der Waals surface area contributed by atoms with E-state index in [1.165, 1.54) is 13.0 Å². The van der Waals surface area contributed by atoms with Gasteiger partial charge in [0.25, 0.3) is 0 Å². The van der Waals surface area contributed by atoms with Crippen molar-refractivity contribution in [2.45, 2.75) is 20.3 Å². The summed E-state index contributed by atoms with van der Waals surface area (Å²) in [5.74, 6) is -8.64.